The van der Waals surface area contributed by atoms with E-state index in [4.69, 9.17) is 14.2 Å². The predicted octanol–water partition coefficient (Wildman–Crippen LogP) is 2.61. The summed E-state index contributed by atoms with van der Waals surface area (Å²) in [7, 11) is 0. The van der Waals surface area contributed by atoms with Gasteiger partial charge in [0.1, 0.15) is 5.60 Å². The Balaban J connectivity index is 1.43. The van der Waals surface area contributed by atoms with Gasteiger partial charge < -0.3 is 14.2 Å². The normalized spacial score (nSPS) is 46.9. The Morgan fingerprint density at radius 1 is 1.43 bits per heavy atom. The van der Waals surface area contributed by atoms with E-state index in [0.717, 1.165) is 45.1 Å². The Morgan fingerprint density at radius 3 is 3.19 bits per heavy atom. The van der Waals surface area contributed by atoms with Crippen LogP contribution in [0, 0.1) is 11.8 Å². The van der Waals surface area contributed by atoms with Crippen molar-refractivity contribution in [2.24, 2.45) is 11.8 Å². The Labute approximate surface area is 125 Å². The van der Waals surface area contributed by atoms with Crippen LogP contribution in [0.2, 0.25) is 0 Å². The van der Waals surface area contributed by atoms with Crippen LogP contribution in [0.4, 0.5) is 0 Å². The maximum atomic E-state index is 12.4. The van der Waals surface area contributed by atoms with Gasteiger partial charge >= 0.3 is 0 Å². The monoisotopic (exact) mass is 292 g/mol. The van der Waals surface area contributed by atoms with Crippen LogP contribution in [-0.2, 0) is 19.0 Å². The van der Waals surface area contributed by atoms with Gasteiger partial charge in [0.05, 0.1) is 12.2 Å². The number of rotatable bonds is 6. The summed E-state index contributed by atoms with van der Waals surface area (Å²) in [6.07, 6.45) is 8.57. The largest absolute Gasteiger partial charge is 0.360 e. The average Bonchev–Trinajstić information content (AvgIpc) is 3.07. The standard InChI is InChI=1S/C17H24O4/c1-2-3-4-5-9-19-16-14-11-7-6-8-17(11)13(18)10-12(20-16)15(14)21-17/h2,11-12,14-16H,1,3-10H2/t11-,12+,14-,15-,16-,17-/m0/s1. The lowest BCUT2D eigenvalue weighted by Crippen LogP contribution is -2.49. The molecule has 6 atom stereocenters. The van der Waals surface area contributed by atoms with Crippen molar-refractivity contribution in [3.05, 3.63) is 12.7 Å². The van der Waals surface area contributed by atoms with Gasteiger partial charge in [0.15, 0.2) is 12.1 Å². The third-order valence-corrected chi connectivity index (χ3v) is 5.79. The molecule has 4 aliphatic rings. The van der Waals surface area contributed by atoms with E-state index in [1.54, 1.807) is 0 Å². The number of unbranched alkanes of at least 4 members (excludes halogenated alkanes) is 2. The molecule has 0 N–H and O–H groups in total. The number of hydrogen-bond donors (Lipinski definition) is 0. The molecule has 4 heteroatoms. The van der Waals surface area contributed by atoms with Gasteiger partial charge in [0.25, 0.3) is 0 Å². The average molecular weight is 292 g/mol. The molecule has 0 amide bonds. The summed E-state index contributed by atoms with van der Waals surface area (Å²) in [5, 5.41) is 0. The number of hydrogen-bond acceptors (Lipinski definition) is 4. The lowest BCUT2D eigenvalue weighted by atomic mass is 9.81. The van der Waals surface area contributed by atoms with E-state index in [-0.39, 0.29) is 30.2 Å². The van der Waals surface area contributed by atoms with Gasteiger partial charge in [-0.3, -0.25) is 4.79 Å². The lowest BCUT2D eigenvalue weighted by Gasteiger charge is -2.36. The van der Waals surface area contributed by atoms with E-state index < -0.39 is 5.60 Å². The number of Topliss-reactive ketones (excluding diaryl/α,β-unsaturated/α-hetero) is 1. The zero-order chi connectivity index (χ0) is 14.4. The molecule has 0 aromatic heterocycles. The summed E-state index contributed by atoms with van der Waals surface area (Å²) in [4.78, 5) is 12.4. The second-order valence-corrected chi connectivity index (χ2v) is 6.87. The molecule has 3 heterocycles. The van der Waals surface area contributed by atoms with Crippen molar-refractivity contribution >= 4 is 5.78 Å². The Bertz CT molecular complexity index is 448. The zero-order valence-corrected chi connectivity index (χ0v) is 12.5. The van der Waals surface area contributed by atoms with Gasteiger partial charge in [-0.05, 0) is 38.5 Å². The molecule has 4 rings (SSSR count). The van der Waals surface area contributed by atoms with Crippen molar-refractivity contribution in [2.45, 2.75) is 69.0 Å². The van der Waals surface area contributed by atoms with Crippen LogP contribution < -0.4 is 0 Å². The van der Waals surface area contributed by atoms with Crippen molar-refractivity contribution in [3.8, 4) is 0 Å². The first-order valence-corrected chi connectivity index (χ1v) is 8.35. The van der Waals surface area contributed by atoms with E-state index in [9.17, 15) is 4.79 Å². The minimum atomic E-state index is -0.472. The molecular weight excluding hydrogens is 268 g/mol. The van der Waals surface area contributed by atoms with Crippen molar-refractivity contribution in [2.75, 3.05) is 6.61 Å². The van der Waals surface area contributed by atoms with Crippen LogP contribution in [0.15, 0.2) is 12.7 Å². The summed E-state index contributed by atoms with van der Waals surface area (Å²) >= 11 is 0. The summed E-state index contributed by atoms with van der Waals surface area (Å²) in [5.41, 5.74) is -0.472. The van der Waals surface area contributed by atoms with Crippen molar-refractivity contribution in [3.63, 3.8) is 0 Å². The highest BCUT2D eigenvalue weighted by Crippen LogP contribution is 2.60. The smallest absolute Gasteiger partial charge is 0.167 e. The molecule has 21 heavy (non-hydrogen) atoms. The Hall–Kier alpha value is -0.710. The van der Waals surface area contributed by atoms with Crippen molar-refractivity contribution < 1.29 is 19.0 Å². The third kappa shape index (κ3) is 1.96. The highest BCUT2D eigenvalue weighted by Gasteiger charge is 2.70. The van der Waals surface area contributed by atoms with Crippen LogP contribution in [-0.4, -0.2) is 36.5 Å². The zero-order valence-electron chi connectivity index (χ0n) is 12.5. The van der Waals surface area contributed by atoms with E-state index in [1.807, 2.05) is 6.08 Å². The molecule has 0 radical (unpaired) electrons. The fourth-order valence-electron chi connectivity index (χ4n) is 4.88. The number of ketones is 1. The van der Waals surface area contributed by atoms with Crippen molar-refractivity contribution in [1.82, 2.24) is 0 Å². The quantitative estimate of drug-likeness (QED) is 0.557. The number of carbonyl (C=O) groups is 1. The van der Waals surface area contributed by atoms with Crippen LogP contribution in [0.1, 0.15) is 44.9 Å². The molecule has 0 unspecified atom stereocenters. The van der Waals surface area contributed by atoms with E-state index in [2.05, 4.69) is 6.58 Å². The molecule has 1 spiro atoms. The third-order valence-electron chi connectivity index (χ3n) is 5.79. The topological polar surface area (TPSA) is 44.8 Å². The molecule has 116 valence electrons. The molecule has 3 aliphatic heterocycles. The molecule has 4 nitrogen and oxygen atoms in total. The molecule has 3 saturated heterocycles. The first kappa shape index (κ1) is 13.9. The lowest BCUT2D eigenvalue weighted by molar-refractivity contribution is -0.195. The molecule has 1 saturated carbocycles. The number of carbonyl (C=O) groups excluding carboxylic acids is 1. The van der Waals surface area contributed by atoms with Gasteiger partial charge in [-0.1, -0.05) is 6.08 Å². The Morgan fingerprint density at radius 2 is 2.33 bits per heavy atom. The summed E-state index contributed by atoms with van der Waals surface area (Å²) < 4.78 is 18.2. The van der Waals surface area contributed by atoms with Gasteiger partial charge in [-0.25, -0.2) is 0 Å². The first-order valence-electron chi connectivity index (χ1n) is 8.35. The van der Waals surface area contributed by atoms with E-state index >= 15 is 0 Å². The molecular formula is C17H24O4. The summed E-state index contributed by atoms with van der Waals surface area (Å²) in [6.45, 7) is 4.46. The van der Waals surface area contributed by atoms with Crippen molar-refractivity contribution in [1.29, 1.82) is 0 Å². The minimum Gasteiger partial charge on any atom is -0.360 e. The molecule has 0 aromatic carbocycles. The SMILES string of the molecule is C=CCCCCO[C@H]1O[C@@H]2CC(=O)[C@]34CCC[C@H]3[C@H]1[C@H]2O4. The van der Waals surface area contributed by atoms with E-state index in [1.165, 1.54) is 0 Å². The minimum absolute atomic E-state index is 0.0723. The van der Waals surface area contributed by atoms with Gasteiger partial charge in [-0.15, -0.1) is 6.58 Å². The first-order chi connectivity index (χ1) is 10.3. The summed E-state index contributed by atoms with van der Waals surface area (Å²) in [6, 6.07) is 0. The number of fused-ring (bicyclic) bond motifs is 1. The second-order valence-electron chi connectivity index (χ2n) is 6.87. The molecule has 4 fully saturated rings. The fourth-order valence-corrected chi connectivity index (χ4v) is 4.88. The molecule has 1 aliphatic carbocycles. The molecule has 2 bridgehead atoms. The highest BCUT2D eigenvalue weighted by molar-refractivity contribution is 5.90. The van der Waals surface area contributed by atoms with Crippen LogP contribution in [0.25, 0.3) is 0 Å². The van der Waals surface area contributed by atoms with Crippen LogP contribution in [0.3, 0.4) is 0 Å². The number of ether oxygens (including phenoxy) is 3. The highest BCUT2D eigenvalue weighted by atomic mass is 16.7. The van der Waals surface area contributed by atoms with Crippen LogP contribution >= 0.6 is 0 Å². The number of allylic oxidation sites excluding steroid dienone is 1. The maximum absolute atomic E-state index is 12.4. The van der Waals surface area contributed by atoms with Gasteiger partial charge in [-0.2, -0.15) is 0 Å². The predicted molar refractivity (Wildman–Crippen MR) is 76.7 cm³/mol. The summed E-state index contributed by atoms with van der Waals surface area (Å²) in [5.74, 6) is 0.863. The van der Waals surface area contributed by atoms with E-state index in [0.29, 0.717) is 12.3 Å². The van der Waals surface area contributed by atoms with Gasteiger partial charge in [0.2, 0.25) is 0 Å². The fraction of sp³-hybridized carbons (Fsp3) is 0.824. The second kappa shape index (κ2) is 5.18. The maximum Gasteiger partial charge on any atom is 0.167 e. The Kier molecular flexibility index (Phi) is 3.43. The molecule has 0 aromatic rings. The van der Waals surface area contributed by atoms with Crippen LogP contribution in [0.5, 0.6) is 0 Å². The van der Waals surface area contributed by atoms with Gasteiger partial charge in [0, 0.05) is 24.9 Å².